The summed E-state index contributed by atoms with van der Waals surface area (Å²) in [6, 6.07) is 7.04. The number of nitrogens with zero attached hydrogens (tertiary/aromatic N) is 1. The Kier molecular flexibility index (Phi) is 6.49. The number of benzene rings is 1. The van der Waals surface area contributed by atoms with Crippen molar-refractivity contribution in [3.63, 3.8) is 0 Å². The first-order valence-electron chi connectivity index (χ1n) is 6.58. The van der Waals surface area contributed by atoms with Crippen LogP contribution in [-0.2, 0) is 0 Å². The Balaban J connectivity index is 2.09. The van der Waals surface area contributed by atoms with Gasteiger partial charge in [0.05, 0.1) is 12.8 Å². The van der Waals surface area contributed by atoms with E-state index in [2.05, 4.69) is 21.2 Å². The number of hydrogen-bond acceptors (Lipinski definition) is 5. The number of carbonyl (C=O) groups is 1. The fraction of sp³-hybridized carbons (Fsp3) is 0.0714. The highest BCUT2D eigenvalue weighted by atomic mass is 35.5. The molecule has 132 valence electrons. The van der Waals surface area contributed by atoms with Crippen LogP contribution < -0.4 is 20.9 Å². The van der Waals surface area contributed by atoms with Crippen LogP contribution in [-0.4, -0.2) is 28.3 Å². The van der Waals surface area contributed by atoms with Gasteiger partial charge in [0.15, 0.2) is 16.0 Å². The number of aromatic nitrogens is 1. The molecule has 0 fully saturated rings. The molecule has 2 rings (SSSR count). The van der Waals surface area contributed by atoms with Crippen LogP contribution in [0.15, 0.2) is 24.3 Å². The van der Waals surface area contributed by atoms with E-state index in [9.17, 15) is 4.79 Å². The van der Waals surface area contributed by atoms with Gasteiger partial charge in [-0.3, -0.25) is 10.9 Å². The summed E-state index contributed by atoms with van der Waals surface area (Å²) >= 11 is 22.9. The summed E-state index contributed by atoms with van der Waals surface area (Å²) in [5.41, 5.74) is 5.58. The van der Waals surface area contributed by atoms with Gasteiger partial charge in [-0.05, 0) is 36.5 Å². The second-order valence-corrected chi connectivity index (χ2v) is 6.01. The third kappa shape index (κ3) is 4.76. The summed E-state index contributed by atoms with van der Waals surface area (Å²) in [5.74, 6) is -0.640. The molecule has 0 aliphatic heterocycles. The molecule has 0 aliphatic carbocycles. The predicted molar refractivity (Wildman–Crippen MR) is 102 cm³/mol. The summed E-state index contributed by atoms with van der Waals surface area (Å²) in [7, 11) is 1.57. The van der Waals surface area contributed by atoms with Gasteiger partial charge in [0.25, 0.3) is 0 Å². The molecule has 7 nitrogen and oxygen atoms in total. The maximum atomic E-state index is 11.1. The Labute approximate surface area is 163 Å². The Hall–Kier alpha value is -2.00. The molecular formula is C14H11Cl3N4O3S. The molecule has 1 aromatic heterocycles. The van der Waals surface area contributed by atoms with Crippen molar-refractivity contribution in [2.45, 2.75) is 0 Å². The number of rotatable bonds is 5. The largest absolute Gasteiger partial charge is 0.497 e. The molecule has 0 radical (unpaired) electrons. The maximum Gasteiger partial charge on any atom is 0.356 e. The van der Waals surface area contributed by atoms with Crippen molar-refractivity contribution in [2.24, 2.45) is 0 Å². The molecular weight excluding hydrogens is 411 g/mol. The lowest BCUT2D eigenvalue weighted by Crippen LogP contribution is -2.33. The Morgan fingerprint density at radius 3 is 2.40 bits per heavy atom. The van der Waals surface area contributed by atoms with Gasteiger partial charge >= 0.3 is 5.97 Å². The van der Waals surface area contributed by atoms with Crippen LogP contribution in [0.25, 0.3) is 0 Å². The van der Waals surface area contributed by atoms with Crippen LogP contribution in [0, 0.1) is 0 Å². The Morgan fingerprint density at radius 1 is 1.20 bits per heavy atom. The number of anilines is 2. The lowest BCUT2D eigenvalue weighted by Gasteiger charge is -2.16. The van der Waals surface area contributed by atoms with Crippen LogP contribution in [0.5, 0.6) is 5.75 Å². The van der Waals surface area contributed by atoms with Gasteiger partial charge in [-0.1, -0.05) is 34.8 Å². The van der Waals surface area contributed by atoms with Crippen molar-refractivity contribution in [3.8, 4) is 5.75 Å². The number of halogens is 3. The highest BCUT2D eigenvalue weighted by Gasteiger charge is 2.21. The van der Waals surface area contributed by atoms with E-state index in [1.807, 2.05) is 0 Å². The smallest absolute Gasteiger partial charge is 0.356 e. The van der Waals surface area contributed by atoms with Crippen molar-refractivity contribution in [3.05, 3.63) is 45.2 Å². The van der Waals surface area contributed by atoms with E-state index in [1.165, 1.54) is 0 Å². The number of ether oxygens (including phenoxy) is 1. The third-order valence-electron chi connectivity index (χ3n) is 2.89. The van der Waals surface area contributed by atoms with Gasteiger partial charge in [-0.15, -0.1) is 0 Å². The maximum absolute atomic E-state index is 11.1. The minimum atomic E-state index is -1.34. The number of pyridine rings is 1. The molecule has 0 saturated heterocycles. The van der Waals surface area contributed by atoms with E-state index in [-0.39, 0.29) is 26.0 Å². The molecule has 1 aromatic carbocycles. The fourth-order valence-electron chi connectivity index (χ4n) is 1.72. The molecule has 25 heavy (non-hydrogen) atoms. The molecule has 0 unspecified atom stereocenters. The number of hydrazine groups is 1. The average molecular weight is 422 g/mol. The number of carboxylic acid groups (broad SMARTS) is 1. The van der Waals surface area contributed by atoms with E-state index >= 15 is 0 Å². The Bertz CT molecular complexity index is 818. The van der Waals surface area contributed by atoms with Crippen LogP contribution in [0.2, 0.25) is 15.2 Å². The number of nitrogens with one attached hydrogen (secondary N) is 3. The number of methoxy groups -OCH3 is 1. The van der Waals surface area contributed by atoms with Crippen LogP contribution in [0.3, 0.4) is 0 Å². The van der Waals surface area contributed by atoms with E-state index in [4.69, 9.17) is 56.9 Å². The van der Waals surface area contributed by atoms with Gasteiger partial charge < -0.3 is 15.2 Å². The van der Waals surface area contributed by atoms with Gasteiger partial charge in [0.2, 0.25) is 0 Å². The molecule has 0 spiro atoms. The number of aromatic carboxylic acids is 1. The molecule has 2 aromatic rings. The lowest BCUT2D eigenvalue weighted by atomic mass is 10.3. The number of hydrogen-bond donors (Lipinski definition) is 4. The second kappa shape index (κ2) is 8.39. The molecule has 0 amide bonds. The zero-order valence-corrected chi connectivity index (χ0v) is 15.6. The standard InChI is InChI=1S/C14H11Cl3N4O3S/c1-24-7-4-2-6(3-5-7)18-14(25)21-20-10-8(15)11(13(22)23)19-12(17)9(10)16/h2-5H,1H3,(H,19,20)(H,22,23)(H2,18,21,25). The minimum Gasteiger partial charge on any atom is -0.497 e. The fourth-order valence-corrected chi connectivity index (χ4v) is 2.57. The lowest BCUT2D eigenvalue weighted by molar-refractivity contribution is 0.0691. The van der Waals surface area contributed by atoms with Crippen molar-refractivity contribution in [1.29, 1.82) is 0 Å². The Morgan fingerprint density at radius 2 is 1.84 bits per heavy atom. The molecule has 4 N–H and O–H groups in total. The number of thiocarbonyl (C=S) groups is 1. The van der Waals surface area contributed by atoms with Crippen molar-refractivity contribution < 1.29 is 14.6 Å². The summed E-state index contributed by atoms with van der Waals surface area (Å²) < 4.78 is 5.06. The summed E-state index contributed by atoms with van der Waals surface area (Å²) in [6.07, 6.45) is 0. The zero-order chi connectivity index (χ0) is 18.6. The van der Waals surface area contributed by atoms with E-state index in [0.29, 0.717) is 11.4 Å². The molecule has 0 bridgehead atoms. The quantitative estimate of drug-likeness (QED) is 0.326. The van der Waals surface area contributed by atoms with E-state index < -0.39 is 11.7 Å². The van der Waals surface area contributed by atoms with Crippen molar-refractivity contribution >= 4 is 69.5 Å². The topological polar surface area (TPSA) is 95.5 Å². The second-order valence-electron chi connectivity index (χ2n) is 4.49. The number of carboxylic acids is 1. The molecule has 0 aliphatic rings. The van der Waals surface area contributed by atoms with E-state index in [1.54, 1.807) is 31.4 Å². The summed E-state index contributed by atoms with van der Waals surface area (Å²) in [4.78, 5) is 14.7. The van der Waals surface area contributed by atoms with Gasteiger partial charge in [-0.25, -0.2) is 9.78 Å². The first kappa shape index (κ1) is 19.3. The highest BCUT2D eigenvalue weighted by molar-refractivity contribution is 7.80. The third-order valence-corrected chi connectivity index (χ3v) is 4.20. The first-order chi connectivity index (χ1) is 11.8. The van der Waals surface area contributed by atoms with Crippen molar-refractivity contribution in [1.82, 2.24) is 10.4 Å². The van der Waals surface area contributed by atoms with Gasteiger partial charge in [0, 0.05) is 5.69 Å². The normalized spacial score (nSPS) is 10.1. The molecule has 0 atom stereocenters. The first-order valence-corrected chi connectivity index (χ1v) is 8.12. The van der Waals surface area contributed by atoms with Crippen LogP contribution in [0.4, 0.5) is 11.4 Å². The van der Waals surface area contributed by atoms with E-state index in [0.717, 1.165) is 0 Å². The zero-order valence-electron chi connectivity index (χ0n) is 12.6. The minimum absolute atomic E-state index is 0.0413. The summed E-state index contributed by atoms with van der Waals surface area (Å²) in [6.45, 7) is 0. The van der Waals surface area contributed by atoms with Crippen molar-refractivity contribution in [2.75, 3.05) is 17.9 Å². The SMILES string of the molecule is COc1ccc(NC(=S)NNc2c(Cl)c(Cl)nc(C(=O)O)c2Cl)cc1. The van der Waals surface area contributed by atoms with Crippen LogP contribution >= 0.6 is 47.0 Å². The molecule has 11 heteroatoms. The average Bonchev–Trinajstić information content (AvgIpc) is 2.58. The predicted octanol–water partition coefficient (Wildman–Crippen LogP) is 4.06. The molecule has 0 saturated carbocycles. The summed E-state index contributed by atoms with van der Waals surface area (Å²) in [5, 5.41) is 11.7. The van der Waals surface area contributed by atoms with Gasteiger partial charge in [0.1, 0.15) is 15.8 Å². The highest BCUT2D eigenvalue weighted by Crippen LogP contribution is 2.36. The van der Waals surface area contributed by atoms with Crippen LogP contribution in [0.1, 0.15) is 10.5 Å². The van der Waals surface area contributed by atoms with Gasteiger partial charge in [-0.2, -0.15) is 0 Å². The molecule has 1 heterocycles. The monoisotopic (exact) mass is 420 g/mol.